The van der Waals surface area contributed by atoms with Gasteiger partial charge in [0.15, 0.2) is 0 Å². The Balaban J connectivity index is 0.00000290. The van der Waals surface area contributed by atoms with E-state index < -0.39 is 105 Å². The summed E-state index contributed by atoms with van der Waals surface area (Å²) in [7, 11) is -20.8. The first-order chi connectivity index (χ1) is 25.1. The summed E-state index contributed by atoms with van der Waals surface area (Å²) in [6.45, 7) is 0. The predicted octanol–water partition coefficient (Wildman–Crippen LogP) is -8.80. The molecule has 0 aliphatic carbocycles. The van der Waals surface area contributed by atoms with Crippen LogP contribution in [0.4, 0.5) is 28.7 Å². The summed E-state index contributed by atoms with van der Waals surface area (Å²) in [5.41, 5.74) is -2.79. The maximum Gasteiger partial charge on any atom is 1.00 e. The van der Waals surface area contributed by atoms with Crippen molar-refractivity contribution in [1.29, 1.82) is 0 Å². The summed E-state index contributed by atoms with van der Waals surface area (Å²) < 4.78 is 142. The molecule has 0 bridgehead atoms. The van der Waals surface area contributed by atoms with Crippen molar-refractivity contribution in [2.75, 3.05) is 5.32 Å². The maximum absolute atomic E-state index is 14.0. The Hall–Kier alpha value is -1.44. The number of aromatic nitrogens is 3. The molecule has 280 valence electrons. The maximum atomic E-state index is 14.0. The van der Waals surface area contributed by atoms with Gasteiger partial charge >= 0.3 is 118 Å². The van der Waals surface area contributed by atoms with Gasteiger partial charge in [0.2, 0.25) is 16.9 Å². The Kier molecular flexibility index (Phi) is 18.3. The first-order valence-corrected chi connectivity index (χ1v) is 20.3. The van der Waals surface area contributed by atoms with Gasteiger partial charge in [0.05, 0.1) is 26.1 Å². The minimum Gasteiger partial charge on any atom is -0.870 e. The number of aromatic amines is 1. The smallest absolute Gasteiger partial charge is 0.870 e. The molecule has 6 aromatic rings. The van der Waals surface area contributed by atoms with Gasteiger partial charge in [-0.1, -0.05) is 36.1 Å². The van der Waals surface area contributed by atoms with E-state index in [0.717, 1.165) is 18.2 Å². The molecule has 0 spiro atoms. The van der Waals surface area contributed by atoms with Crippen molar-refractivity contribution in [3.63, 3.8) is 0 Å². The number of azo groups is 1. The Morgan fingerprint density at radius 3 is 1.90 bits per heavy atom. The van der Waals surface area contributed by atoms with Crippen LogP contribution in [0.25, 0.3) is 21.5 Å². The second kappa shape index (κ2) is 20.2. The van der Waals surface area contributed by atoms with E-state index in [1.807, 2.05) is 0 Å². The molecule has 0 aliphatic rings. The quantitative estimate of drug-likeness (QED) is 0.0689. The van der Waals surface area contributed by atoms with E-state index >= 15 is 0 Å². The normalized spacial score (nSPS) is 12.3. The standard InChI is InChI=1S/C29H20ClN7O13S4.4Na/c30-27-33-28(31-16-6-8-17(9-7-16)51(39,40)41)35-29(34-27)32-21-13-18(52(42,43)44)11-15-12-22(53(45,46)47)24(25(38)23(15)21)37-36-20-10-5-14-3-1-2-4-19(14)26(20)54(48,49)50;;;;/h1-13,38H,(H,39,40,41)(H,42,43,44)(H,45,46,47)(H,48,49,50)(H2,31,32,33,34,35);;;;/q;4*+1/p-4. The van der Waals surface area contributed by atoms with Crippen molar-refractivity contribution in [2.45, 2.75) is 19.6 Å². The van der Waals surface area contributed by atoms with Crippen LogP contribution < -0.4 is 134 Å². The average Bonchev–Trinajstić information content (AvgIpc) is 3.05. The van der Waals surface area contributed by atoms with Gasteiger partial charge in [-0.25, -0.2) is 30.2 Å². The van der Waals surface area contributed by atoms with E-state index in [1.165, 1.54) is 36.4 Å². The van der Waals surface area contributed by atoms with Crippen LogP contribution in [0.2, 0.25) is 5.28 Å². The Bertz CT molecular complexity index is 3130. The molecule has 20 nitrogen and oxygen atoms in total. The van der Waals surface area contributed by atoms with Crippen molar-refractivity contribution in [1.82, 2.24) is 15.0 Å². The van der Waals surface area contributed by atoms with Crippen molar-refractivity contribution in [3.05, 3.63) is 89.8 Å². The Morgan fingerprint density at radius 2 is 1.31 bits per heavy atom. The second-order valence-electron chi connectivity index (χ2n) is 10.8. The van der Waals surface area contributed by atoms with E-state index in [2.05, 4.69) is 35.5 Å². The molecule has 29 heteroatoms. The molecular formula is C29H16ClN7Na4O13S4. The molecule has 3 N–H and O–H groups in total. The molecule has 0 saturated carbocycles. The summed E-state index contributed by atoms with van der Waals surface area (Å²) in [6.07, 6.45) is 0. The van der Waals surface area contributed by atoms with Crippen LogP contribution in [-0.2, 0) is 40.5 Å². The summed E-state index contributed by atoms with van der Waals surface area (Å²) in [4.78, 5) is 10.7. The van der Waals surface area contributed by atoms with Gasteiger partial charge in [-0.05, 0) is 70.9 Å². The number of rotatable bonds is 9. The van der Waals surface area contributed by atoms with E-state index in [9.17, 15) is 57.0 Å². The van der Waals surface area contributed by atoms with Crippen LogP contribution in [-0.4, -0.2) is 66.8 Å². The Morgan fingerprint density at radius 1 is 0.690 bits per heavy atom. The molecule has 0 unspecified atom stereocenters. The largest absolute Gasteiger partial charge is 1.00 e. The first-order valence-electron chi connectivity index (χ1n) is 14.3. The van der Waals surface area contributed by atoms with E-state index in [4.69, 9.17) is 11.6 Å². The monoisotopic (exact) mass is 925 g/mol. The third kappa shape index (κ3) is 12.1. The second-order valence-corrected chi connectivity index (χ2v) is 16.6. The third-order valence-electron chi connectivity index (χ3n) is 7.27. The molecule has 0 aliphatic heterocycles. The number of fused-ring (bicyclic) bond motifs is 2. The zero-order valence-electron chi connectivity index (χ0n) is 30.1. The van der Waals surface area contributed by atoms with E-state index in [-0.39, 0.29) is 135 Å². The summed E-state index contributed by atoms with van der Waals surface area (Å²) in [6, 6.07) is 14.4. The summed E-state index contributed by atoms with van der Waals surface area (Å²) >= 11 is 6.07. The molecule has 58 heavy (non-hydrogen) atoms. The zero-order valence-corrected chi connectivity index (χ0v) is 42.1. The van der Waals surface area contributed by atoms with Crippen LogP contribution in [0.3, 0.4) is 0 Å². The van der Waals surface area contributed by atoms with Crippen molar-refractivity contribution >= 4 is 102 Å². The molecule has 0 amide bonds. The SMILES string of the molecule is O=S(=O)([O-])c1ccc(Nc2nc(Cl)[nH]c(=Nc3cc(S(=O)(=O)[O-])cc4cc(S(=O)(=O)[O-])c(N=Nc5ccc6ccccc6c5S(=O)(=O)O)c([O-])c34)n2)cc1.[Na+].[Na+].[Na+].[Na+]. The number of H-pyrrole nitrogens is 1. The molecule has 6 rings (SSSR count). The van der Waals surface area contributed by atoms with E-state index in [1.54, 1.807) is 6.07 Å². The third-order valence-corrected chi connectivity index (χ3v) is 10.9. The number of benzene rings is 5. The molecule has 0 radical (unpaired) electrons. The fourth-order valence-corrected chi connectivity index (χ4v) is 7.69. The minimum atomic E-state index is -5.63. The van der Waals surface area contributed by atoms with E-state index in [0.29, 0.717) is 23.6 Å². The molecule has 1 heterocycles. The molecule has 0 atom stereocenters. The summed E-state index contributed by atoms with van der Waals surface area (Å²) in [5.74, 6) is -1.74. The molecule has 0 saturated heterocycles. The van der Waals surface area contributed by atoms with Gasteiger partial charge in [-0.3, -0.25) is 9.54 Å². The fourth-order valence-electron chi connectivity index (χ4n) is 5.05. The van der Waals surface area contributed by atoms with Gasteiger partial charge < -0.3 is 24.1 Å². The molecule has 1 aromatic heterocycles. The van der Waals surface area contributed by atoms with Crippen molar-refractivity contribution in [3.8, 4) is 5.75 Å². The Labute approximate surface area is 422 Å². The number of nitrogens with one attached hydrogen (secondary N) is 2. The van der Waals surface area contributed by atoms with Crippen LogP contribution in [0.15, 0.2) is 114 Å². The number of hydrogen-bond acceptors (Lipinski definition) is 18. The number of nitrogens with zero attached hydrogens (tertiary/aromatic N) is 5. The minimum absolute atomic E-state index is 0. The number of anilines is 2. The van der Waals surface area contributed by atoms with Crippen molar-refractivity contribution < 1.29 is 175 Å². The summed E-state index contributed by atoms with van der Waals surface area (Å²) in [5, 5.41) is 22.6. The fraction of sp³-hybridized carbons (Fsp3) is 0. The zero-order chi connectivity index (χ0) is 39.4. The van der Waals surface area contributed by atoms with Gasteiger partial charge in [0, 0.05) is 16.5 Å². The van der Waals surface area contributed by atoms with Crippen molar-refractivity contribution in [2.24, 2.45) is 15.2 Å². The topological polar surface area (TPSA) is 340 Å². The van der Waals surface area contributed by atoms with Gasteiger partial charge in [-0.15, -0.1) is 10.2 Å². The van der Waals surface area contributed by atoms with Gasteiger partial charge in [-0.2, -0.15) is 18.4 Å². The van der Waals surface area contributed by atoms with Crippen LogP contribution in [0.1, 0.15) is 0 Å². The van der Waals surface area contributed by atoms with Crippen LogP contribution >= 0.6 is 11.6 Å². The van der Waals surface area contributed by atoms with Crippen LogP contribution in [0, 0.1) is 0 Å². The predicted molar refractivity (Wildman–Crippen MR) is 182 cm³/mol. The number of halogens is 1. The average molecular weight is 926 g/mol. The van der Waals surface area contributed by atoms with Gasteiger partial charge in [0.25, 0.3) is 10.1 Å². The molecule has 5 aromatic carbocycles. The van der Waals surface area contributed by atoms with Crippen LogP contribution in [0.5, 0.6) is 5.75 Å². The number of hydrogen-bond donors (Lipinski definition) is 3. The molecule has 0 fully saturated rings. The first kappa shape index (κ1) is 52.7. The van der Waals surface area contributed by atoms with Gasteiger partial charge in [0.1, 0.15) is 40.9 Å². The molecular weight excluding hydrogens is 910 g/mol.